The fourth-order valence-electron chi connectivity index (χ4n) is 4.31. The van der Waals surface area contributed by atoms with Gasteiger partial charge in [-0.15, -0.1) is 16.4 Å². The Labute approximate surface area is 195 Å². The molecule has 1 N–H and O–H groups in total. The lowest BCUT2D eigenvalue weighted by Gasteiger charge is -2.12. The molecular formula is C23H23ClN6OS. The molecule has 0 fully saturated rings. The second-order valence-electron chi connectivity index (χ2n) is 8.30. The zero-order valence-corrected chi connectivity index (χ0v) is 19.7. The summed E-state index contributed by atoms with van der Waals surface area (Å²) in [5, 5.41) is 15.8. The number of rotatable bonds is 6. The molecule has 3 heterocycles. The van der Waals surface area contributed by atoms with Crippen molar-refractivity contribution < 1.29 is 4.74 Å². The van der Waals surface area contributed by atoms with Gasteiger partial charge < -0.3 is 4.74 Å². The van der Waals surface area contributed by atoms with Crippen LogP contribution in [0.15, 0.2) is 30.6 Å². The fourth-order valence-corrected chi connectivity index (χ4v) is 5.50. The predicted molar refractivity (Wildman–Crippen MR) is 125 cm³/mol. The third-order valence-electron chi connectivity index (χ3n) is 5.82. The van der Waals surface area contributed by atoms with Crippen molar-refractivity contribution in [3.8, 4) is 26.9 Å². The number of tetrazole rings is 1. The fraction of sp³-hybridized carbons (Fsp3) is 0.348. The van der Waals surface area contributed by atoms with Crippen molar-refractivity contribution in [3.63, 3.8) is 0 Å². The Morgan fingerprint density at radius 2 is 2.12 bits per heavy atom. The monoisotopic (exact) mass is 466 g/mol. The zero-order chi connectivity index (χ0) is 22.2. The minimum atomic E-state index is 0.0238. The van der Waals surface area contributed by atoms with Crippen molar-refractivity contribution in [2.24, 2.45) is 0 Å². The quantitative estimate of drug-likeness (QED) is 0.408. The van der Waals surface area contributed by atoms with Crippen LogP contribution >= 0.6 is 22.9 Å². The summed E-state index contributed by atoms with van der Waals surface area (Å²) in [5.41, 5.74) is 6.25. The summed E-state index contributed by atoms with van der Waals surface area (Å²) in [6, 6.07) is 6.33. The molecule has 0 saturated carbocycles. The van der Waals surface area contributed by atoms with Gasteiger partial charge in [-0.05, 0) is 72.7 Å². The lowest BCUT2D eigenvalue weighted by Crippen LogP contribution is -2.07. The van der Waals surface area contributed by atoms with Crippen LogP contribution in [0.5, 0.6) is 5.88 Å². The molecule has 32 heavy (non-hydrogen) atoms. The summed E-state index contributed by atoms with van der Waals surface area (Å²) >= 11 is 8.03. The van der Waals surface area contributed by atoms with Gasteiger partial charge in [-0.2, -0.15) is 0 Å². The molecule has 0 amide bonds. The highest BCUT2D eigenvalue weighted by Crippen LogP contribution is 2.42. The summed E-state index contributed by atoms with van der Waals surface area (Å²) in [6.45, 7) is 6.10. The van der Waals surface area contributed by atoms with Gasteiger partial charge in [-0.3, -0.25) is 0 Å². The maximum atomic E-state index is 6.38. The number of aromatic amines is 1. The highest BCUT2D eigenvalue weighted by molar-refractivity contribution is 7.18. The van der Waals surface area contributed by atoms with Crippen LogP contribution in [0.4, 0.5) is 0 Å². The van der Waals surface area contributed by atoms with E-state index in [1.165, 1.54) is 22.3 Å². The van der Waals surface area contributed by atoms with Crippen LogP contribution in [0, 0.1) is 6.92 Å². The molecule has 9 heteroatoms. The Bertz CT molecular complexity index is 1250. The van der Waals surface area contributed by atoms with Crippen LogP contribution in [0.25, 0.3) is 21.0 Å². The maximum absolute atomic E-state index is 6.38. The van der Waals surface area contributed by atoms with E-state index in [0.717, 1.165) is 40.5 Å². The first kappa shape index (κ1) is 21.0. The topological polar surface area (TPSA) is 89.5 Å². The first-order valence-electron chi connectivity index (χ1n) is 10.6. The number of thiazole rings is 1. The van der Waals surface area contributed by atoms with Gasteiger partial charge in [-0.1, -0.05) is 23.7 Å². The number of hydrogen-bond acceptors (Lipinski definition) is 7. The predicted octanol–water partition coefficient (Wildman–Crippen LogP) is 5.41. The normalized spacial score (nSPS) is 15.3. The Kier molecular flexibility index (Phi) is 5.65. The summed E-state index contributed by atoms with van der Waals surface area (Å²) in [4.78, 5) is 10.1. The molecule has 0 bridgehead atoms. The van der Waals surface area contributed by atoms with Crippen molar-refractivity contribution in [1.82, 2.24) is 30.6 Å². The molecule has 1 aromatic carbocycles. The Morgan fingerprint density at radius 3 is 2.88 bits per heavy atom. The van der Waals surface area contributed by atoms with Crippen molar-refractivity contribution in [2.45, 2.75) is 52.1 Å². The lowest BCUT2D eigenvalue weighted by atomic mass is 9.94. The van der Waals surface area contributed by atoms with Crippen LogP contribution in [0.3, 0.4) is 0 Å². The number of H-pyrrole nitrogens is 1. The van der Waals surface area contributed by atoms with E-state index in [-0.39, 0.29) is 6.10 Å². The third kappa shape index (κ3) is 4.00. The van der Waals surface area contributed by atoms with Gasteiger partial charge in [0.1, 0.15) is 15.9 Å². The lowest BCUT2D eigenvalue weighted by molar-refractivity contribution is 0.233. The van der Waals surface area contributed by atoms with Crippen molar-refractivity contribution in [3.05, 3.63) is 58.1 Å². The second-order valence-corrected chi connectivity index (χ2v) is 9.74. The van der Waals surface area contributed by atoms with Crippen LogP contribution in [-0.4, -0.2) is 36.7 Å². The number of nitrogens with one attached hydrogen (secondary N) is 1. The number of halogens is 1. The maximum Gasteiger partial charge on any atom is 0.232 e. The van der Waals surface area contributed by atoms with Gasteiger partial charge in [0.15, 0.2) is 0 Å². The van der Waals surface area contributed by atoms with E-state index < -0.39 is 0 Å². The first-order valence-corrected chi connectivity index (χ1v) is 11.8. The second kappa shape index (κ2) is 8.60. The summed E-state index contributed by atoms with van der Waals surface area (Å²) < 4.78 is 5.64. The first-order chi connectivity index (χ1) is 15.5. The molecule has 0 spiro atoms. The van der Waals surface area contributed by atoms with Gasteiger partial charge >= 0.3 is 0 Å². The average molecular weight is 467 g/mol. The van der Waals surface area contributed by atoms with Crippen LogP contribution in [0.2, 0.25) is 5.02 Å². The molecule has 1 atom stereocenters. The summed E-state index contributed by atoms with van der Waals surface area (Å²) in [7, 11) is 0. The van der Waals surface area contributed by atoms with Gasteiger partial charge in [0, 0.05) is 29.9 Å². The Balaban J connectivity index is 1.41. The Hall–Kier alpha value is -2.84. The number of benzene rings is 1. The van der Waals surface area contributed by atoms with E-state index in [2.05, 4.69) is 44.7 Å². The average Bonchev–Trinajstić information content (AvgIpc) is 3.52. The van der Waals surface area contributed by atoms with E-state index in [1.807, 2.05) is 26.1 Å². The summed E-state index contributed by atoms with van der Waals surface area (Å²) in [6.07, 6.45) is 6.72. The van der Waals surface area contributed by atoms with Crippen LogP contribution in [0.1, 0.15) is 48.7 Å². The number of hydrogen-bond donors (Lipinski definition) is 1. The number of fused-ring (bicyclic) bond motifs is 1. The van der Waals surface area contributed by atoms with Crippen molar-refractivity contribution in [2.75, 3.05) is 0 Å². The highest BCUT2D eigenvalue weighted by atomic mass is 35.5. The smallest absolute Gasteiger partial charge is 0.232 e. The molecular weight excluding hydrogens is 444 g/mol. The number of aromatic nitrogens is 6. The molecule has 0 radical (unpaired) electrons. The number of pyridine rings is 1. The van der Waals surface area contributed by atoms with Crippen molar-refractivity contribution >= 4 is 22.9 Å². The van der Waals surface area contributed by atoms with Crippen LogP contribution in [-0.2, 0) is 12.8 Å². The molecule has 1 aliphatic rings. The van der Waals surface area contributed by atoms with E-state index in [4.69, 9.17) is 21.3 Å². The molecule has 7 nitrogen and oxygen atoms in total. The molecule has 0 unspecified atom stereocenters. The zero-order valence-electron chi connectivity index (χ0n) is 18.1. The molecule has 4 aromatic rings. The van der Waals surface area contributed by atoms with E-state index in [9.17, 15) is 0 Å². The molecule has 1 aliphatic carbocycles. The van der Waals surface area contributed by atoms with E-state index in [0.29, 0.717) is 16.8 Å². The molecule has 0 saturated heterocycles. The largest absolute Gasteiger partial charge is 0.474 e. The third-order valence-corrected chi connectivity index (χ3v) is 7.17. The van der Waals surface area contributed by atoms with Gasteiger partial charge in [0.25, 0.3) is 0 Å². The van der Waals surface area contributed by atoms with Gasteiger partial charge in [0.2, 0.25) is 5.88 Å². The number of nitrogens with zero attached hydrogens (tertiary/aromatic N) is 5. The standard InChI is InChI=1S/C23H23ClN6OS/c1-12(2)31-22-19(24)8-15(10-25-22)20-11-26-23(32-20)17-6-7-18-14(4-5-16(18)13(17)3)9-21-27-29-30-28-21/h6-8,10-12,14H,4-5,9H2,1-3H3,(H,27,28,29,30)/t14-/m1/s1. The molecule has 0 aliphatic heterocycles. The van der Waals surface area contributed by atoms with Crippen molar-refractivity contribution in [1.29, 1.82) is 0 Å². The number of ether oxygens (including phenoxy) is 1. The molecule has 5 rings (SSSR count). The van der Waals surface area contributed by atoms with Gasteiger partial charge in [-0.25, -0.2) is 15.1 Å². The van der Waals surface area contributed by atoms with Crippen LogP contribution < -0.4 is 4.74 Å². The highest BCUT2D eigenvalue weighted by Gasteiger charge is 2.26. The summed E-state index contributed by atoms with van der Waals surface area (Å²) in [5.74, 6) is 1.74. The SMILES string of the molecule is Cc1c(-c2ncc(-c3cnc(OC(C)C)c(Cl)c3)s2)ccc2c1CC[C@@H]2Cc1nnn[nH]1. The van der Waals surface area contributed by atoms with E-state index >= 15 is 0 Å². The van der Waals surface area contributed by atoms with E-state index in [1.54, 1.807) is 17.5 Å². The minimum Gasteiger partial charge on any atom is -0.474 e. The molecule has 164 valence electrons. The van der Waals surface area contributed by atoms with Gasteiger partial charge in [0.05, 0.1) is 11.0 Å². The molecule has 3 aromatic heterocycles. The minimum absolute atomic E-state index is 0.0238. The Morgan fingerprint density at radius 1 is 1.25 bits per heavy atom.